The fourth-order valence-electron chi connectivity index (χ4n) is 1.80. The van der Waals surface area contributed by atoms with Crippen LogP contribution in [0.25, 0.3) is 0 Å². The molecule has 1 aromatic rings. The summed E-state index contributed by atoms with van der Waals surface area (Å²) in [5, 5.41) is 9.33. The molecule has 0 aliphatic carbocycles. The highest BCUT2D eigenvalue weighted by Crippen LogP contribution is 2.22. The lowest BCUT2D eigenvalue weighted by Crippen LogP contribution is -2.32. The molecule has 0 saturated carbocycles. The average Bonchev–Trinajstić information content (AvgIpc) is 2.60. The predicted molar refractivity (Wildman–Crippen MR) is 63.2 cm³/mol. The Morgan fingerprint density at radius 1 is 1.18 bits per heavy atom. The Hall–Kier alpha value is -1.39. The van der Waals surface area contributed by atoms with Gasteiger partial charge in [0.25, 0.3) is 11.8 Å². The van der Waals surface area contributed by atoms with Crippen molar-refractivity contribution in [3.8, 4) is 0 Å². The molecular weight excluding hydrogens is 242 g/mol. The molecule has 0 saturated heterocycles. The van der Waals surface area contributed by atoms with E-state index in [9.17, 15) is 14.7 Å². The third kappa shape index (κ3) is 2.18. The van der Waals surface area contributed by atoms with Crippen LogP contribution in [0.5, 0.6) is 0 Å². The molecule has 1 unspecified atom stereocenters. The first kappa shape index (κ1) is 12.1. The average molecular weight is 254 g/mol. The summed E-state index contributed by atoms with van der Waals surface area (Å²) in [5.41, 5.74) is 0.857. The van der Waals surface area contributed by atoms with Gasteiger partial charge in [-0.2, -0.15) is 0 Å². The highest BCUT2D eigenvalue weighted by Gasteiger charge is 2.34. The Labute approximate surface area is 104 Å². The van der Waals surface area contributed by atoms with Crippen molar-refractivity contribution in [3.05, 3.63) is 35.4 Å². The largest absolute Gasteiger partial charge is 0.392 e. The van der Waals surface area contributed by atoms with Crippen molar-refractivity contribution in [3.63, 3.8) is 0 Å². The second-order valence-corrected chi connectivity index (χ2v) is 4.21. The van der Waals surface area contributed by atoms with Gasteiger partial charge in [0.15, 0.2) is 0 Å². The number of rotatable bonds is 4. The molecule has 2 amide bonds. The van der Waals surface area contributed by atoms with Crippen LogP contribution in [-0.2, 0) is 0 Å². The number of carbonyl (C=O) groups is 2. The van der Waals surface area contributed by atoms with Crippen molar-refractivity contribution >= 4 is 23.4 Å². The Kier molecular flexibility index (Phi) is 3.45. The maximum Gasteiger partial charge on any atom is 0.261 e. The molecule has 0 spiro atoms. The predicted octanol–water partition coefficient (Wildman–Crippen LogP) is 1.27. The number of nitrogens with zero attached hydrogens (tertiary/aromatic N) is 1. The molecule has 1 aliphatic rings. The summed E-state index contributed by atoms with van der Waals surface area (Å²) in [5.74, 6) is -0.497. The molecular formula is C12H12ClNO3. The zero-order valence-electron chi connectivity index (χ0n) is 9.10. The Morgan fingerprint density at radius 3 is 2.18 bits per heavy atom. The number of aliphatic hydroxyl groups excluding tert-OH is 1. The van der Waals surface area contributed by atoms with Crippen molar-refractivity contribution in [2.75, 3.05) is 12.4 Å². The molecule has 90 valence electrons. The maximum atomic E-state index is 11.9. The molecule has 1 heterocycles. The van der Waals surface area contributed by atoms with Gasteiger partial charge in [0.1, 0.15) is 0 Å². The topological polar surface area (TPSA) is 57.6 Å². The number of alkyl halides is 1. The van der Waals surface area contributed by atoms with Crippen LogP contribution in [0, 0.1) is 0 Å². The van der Waals surface area contributed by atoms with Crippen LogP contribution >= 0.6 is 11.6 Å². The van der Waals surface area contributed by atoms with E-state index in [-0.39, 0.29) is 24.2 Å². The molecule has 0 aromatic heterocycles. The van der Waals surface area contributed by atoms with E-state index in [2.05, 4.69) is 0 Å². The van der Waals surface area contributed by atoms with Crippen LogP contribution in [0.15, 0.2) is 24.3 Å². The van der Waals surface area contributed by atoms with Crippen LogP contribution in [0.2, 0.25) is 0 Å². The molecule has 0 fully saturated rings. The van der Waals surface area contributed by atoms with Gasteiger partial charge in [0, 0.05) is 12.4 Å². The quantitative estimate of drug-likeness (QED) is 0.650. The van der Waals surface area contributed by atoms with Crippen LogP contribution in [0.4, 0.5) is 0 Å². The number of aliphatic hydroxyl groups is 1. The molecule has 17 heavy (non-hydrogen) atoms. The highest BCUT2D eigenvalue weighted by molar-refractivity contribution is 6.21. The number of amides is 2. The number of hydrogen-bond donors (Lipinski definition) is 1. The molecule has 0 radical (unpaired) electrons. The van der Waals surface area contributed by atoms with Gasteiger partial charge < -0.3 is 5.11 Å². The van der Waals surface area contributed by atoms with Crippen molar-refractivity contribution < 1.29 is 14.7 Å². The Morgan fingerprint density at radius 2 is 1.71 bits per heavy atom. The monoisotopic (exact) mass is 253 g/mol. The van der Waals surface area contributed by atoms with Gasteiger partial charge in [-0.25, -0.2) is 0 Å². The van der Waals surface area contributed by atoms with Crippen LogP contribution < -0.4 is 0 Å². The Bertz CT molecular complexity index is 426. The van der Waals surface area contributed by atoms with Gasteiger partial charge in [0.2, 0.25) is 0 Å². The second-order valence-electron chi connectivity index (χ2n) is 3.90. The van der Waals surface area contributed by atoms with Gasteiger partial charge in [0.05, 0.1) is 17.2 Å². The van der Waals surface area contributed by atoms with Crippen molar-refractivity contribution in [1.29, 1.82) is 0 Å². The van der Waals surface area contributed by atoms with E-state index in [4.69, 9.17) is 11.6 Å². The molecule has 1 N–H and O–H groups in total. The first-order valence-electron chi connectivity index (χ1n) is 5.34. The minimum atomic E-state index is -0.694. The van der Waals surface area contributed by atoms with Gasteiger partial charge >= 0.3 is 0 Å². The van der Waals surface area contributed by atoms with Gasteiger partial charge in [-0.05, 0) is 18.6 Å². The molecule has 2 rings (SSSR count). The lowest BCUT2D eigenvalue weighted by Gasteiger charge is -2.15. The number of hydrogen-bond acceptors (Lipinski definition) is 3. The molecule has 1 atom stereocenters. The second kappa shape index (κ2) is 4.85. The third-order valence-corrected chi connectivity index (χ3v) is 3.10. The summed E-state index contributed by atoms with van der Waals surface area (Å²) in [6.45, 7) is 0.195. The van der Waals surface area contributed by atoms with Crippen molar-refractivity contribution in [2.45, 2.75) is 12.5 Å². The van der Waals surface area contributed by atoms with E-state index >= 15 is 0 Å². The molecule has 0 bridgehead atoms. The summed E-state index contributed by atoms with van der Waals surface area (Å²) >= 11 is 5.46. The minimum absolute atomic E-state index is 0.100. The number of imide groups is 1. The van der Waals surface area contributed by atoms with Gasteiger partial charge in [-0.15, -0.1) is 11.6 Å². The van der Waals surface area contributed by atoms with E-state index in [0.29, 0.717) is 17.5 Å². The maximum absolute atomic E-state index is 11.9. The number of fused-ring (bicyclic) bond motifs is 1. The summed E-state index contributed by atoms with van der Waals surface area (Å²) in [6, 6.07) is 6.71. The lowest BCUT2D eigenvalue weighted by atomic mass is 10.1. The van der Waals surface area contributed by atoms with Crippen molar-refractivity contribution in [1.82, 2.24) is 4.90 Å². The van der Waals surface area contributed by atoms with E-state index in [1.54, 1.807) is 24.3 Å². The summed E-state index contributed by atoms with van der Waals surface area (Å²) < 4.78 is 0. The normalized spacial score (nSPS) is 16.2. The van der Waals surface area contributed by atoms with E-state index < -0.39 is 6.10 Å². The van der Waals surface area contributed by atoms with Gasteiger partial charge in [-0.1, -0.05) is 12.1 Å². The van der Waals surface area contributed by atoms with Crippen LogP contribution in [0.1, 0.15) is 27.1 Å². The SMILES string of the molecule is O=C1c2ccccc2C(=O)N1CCC(O)CCl. The zero-order chi connectivity index (χ0) is 12.4. The summed E-state index contributed by atoms with van der Waals surface area (Å²) in [6.07, 6.45) is -0.393. The fraction of sp³-hybridized carbons (Fsp3) is 0.333. The standard InChI is InChI=1S/C12H12ClNO3/c13-7-8(15)5-6-14-11(16)9-3-1-2-4-10(9)12(14)17/h1-4,8,15H,5-7H2. The zero-order valence-corrected chi connectivity index (χ0v) is 9.85. The number of carbonyl (C=O) groups excluding carboxylic acids is 2. The molecule has 1 aromatic carbocycles. The Balaban J connectivity index is 2.13. The summed E-state index contributed by atoms with van der Waals surface area (Å²) in [7, 11) is 0. The summed E-state index contributed by atoms with van der Waals surface area (Å²) in [4.78, 5) is 25.0. The van der Waals surface area contributed by atoms with Gasteiger partial charge in [-0.3, -0.25) is 14.5 Å². The van der Waals surface area contributed by atoms with E-state index in [0.717, 1.165) is 4.90 Å². The highest BCUT2D eigenvalue weighted by atomic mass is 35.5. The third-order valence-electron chi connectivity index (χ3n) is 2.74. The van der Waals surface area contributed by atoms with Crippen LogP contribution in [-0.4, -0.2) is 40.3 Å². The lowest BCUT2D eigenvalue weighted by molar-refractivity contribution is 0.0630. The number of benzene rings is 1. The van der Waals surface area contributed by atoms with E-state index in [1.165, 1.54) is 0 Å². The molecule has 5 heteroatoms. The van der Waals surface area contributed by atoms with E-state index in [1.807, 2.05) is 0 Å². The number of halogens is 1. The first-order valence-corrected chi connectivity index (χ1v) is 5.88. The fourth-order valence-corrected chi connectivity index (χ4v) is 1.95. The molecule has 4 nitrogen and oxygen atoms in total. The smallest absolute Gasteiger partial charge is 0.261 e. The molecule has 1 aliphatic heterocycles. The van der Waals surface area contributed by atoms with Crippen molar-refractivity contribution in [2.24, 2.45) is 0 Å². The first-order chi connectivity index (χ1) is 8.15. The minimum Gasteiger partial charge on any atom is -0.392 e. The van der Waals surface area contributed by atoms with Crippen LogP contribution in [0.3, 0.4) is 0 Å².